The summed E-state index contributed by atoms with van der Waals surface area (Å²) in [4.78, 5) is 35.6. The first kappa shape index (κ1) is 26.0. The number of carbonyl (C=O) groups excluding carboxylic acids is 2. The monoisotopic (exact) mass is 539 g/mol. The number of nitrogens with zero attached hydrogens (tertiary/aromatic N) is 1. The van der Waals surface area contributed by atoms with Crippen LogP contribution in [0.5, 0.6) is 0 Å². The first-order valence-corrected chi connectivity index (χ1v) is 13.2. The van der Waals surface area contributed by atoms with Gasteiger partial charge in [0, 0.05) is 12.1 Å². The van der Waals surface area contributed by atoms with E-state index in [1.165, 1.54) is 24.3 Å². The summed E-state index contributed by atoms with van der Waals surface area (Å²) in [7, 11) is 0. The number of benzene rings is 4. The first-order chi connectivity index (χ1) is 19.0. The van der Waals surface area contributed by atoms with Crippen molar-refractivity contribution in [1.29, 1.82) is 0 Å². The molecule has 4 aromatic carbocycles. The van der Waals surface area contributed by atoms with Crippen molar-refractivity contribution in [2.24, 2.45) is 0 Å². The van der Waals surface area contributed by atoms with Crippen molar-refractivity contribution in [3.63, 3.8) is 0 Å². The molecular weight excluding hydrogens is 514 g/mol. The zero-order chi connectivity index (χ0) is 27.2. The van der Waals surface area contributed by atoms with E-state index in [1.807, 2.05) is 54.6 Å². The zero-order valence-electron chi connectivity index (χ0n) is 20.7. The average Bonchev–Trinajstić information content (AvgIpc) is 2.98. The number of nitro groups is 1. The van der Waals surface area contributed by atoms with Crippen LogP contribution in [0, 0.1) is 10.1 Å². The first-order valence-electron chi connectivity index (χ1n) is 12.3. The Balaban J connectivity index is 1.38. The van der Waals surface area contributed by atoms with E-state index in [0.29, 0.717) is 5.56 Å². The number of thioether (sulfide) groups is 1. The highest BCUT2D eigenvalue weighted by atomic mass is 32.2. The fourth-order valence-electron chi connectivity index (χ4n) is 4.54. The SMILES string of the molecule is O=C(N[C@@H]1C(=O)N[C@@H]1SC(c1ccccc1)(c1ccccc1)c1ccccc1)OCc1ccc([N+](=O)[O-])cc1. The second-order valence-corrected chi connectivity index (χ2v) is 10.3. The molecule has 2 amide bonds. The fraction of sp³-hybridized carbons (Fsp3) is 0.133. The number of β-lactam (4-membered cyclic amide) rings is 1. The molecule has 2 N–H and O–H groups in total. The van der Waals surface area contributed by atoms with Crippen molar-refractivity contribution in [3.05, 3.63) is 148 Å². The van der Waals surface area contributed by atoms with Gasteiger partial charge in [-0.25, -0.2) is 4.79 Å². The van der Waals surface area contributed by atoms with Gasteiger partial charge in [-0.3, -0.25) is 14.9 Å². The normalized spacial score (nSPS) is 16.5. The lowest BCUT2D eigenvalue weighted by Gasteiger charge is -2.44. The average molecular weight is 540 g/mol. The zero-order valence-corrected chi connectivity index (χ0v) is 21.5. The summed E-state index contributed by atoms with van der Waals surface area (Å²) in [5, 5.41) is 16.0. The van der Waals surface area contributed by atoms with E-state index in [-0.39, 0.29) is 18.2 Å². The number of carbonyl (C=O) groups is 2. The molecule has 4 aromatic rings. The molecule has 0 saturated carbocycles. The third-order valence-electron chi connectivity index (χ3n) is 6.50. The Hall–Kier alpha value is -4.63. The Kier molecular flexibility index (Phi) is 7.60. The summed E-state index contributed by atoms with van der Waals surface area (Å²) < 4.78 is 4.63. The minimum atomic E-state index is -0.810. The molecule has 9 heteroatoms. The molecule has 1 aliphatic rings. The van der Waals surface area contributed by atoms with Gasteiger partial charge in [-0.05, 0) is 34.4 Å². The molecule has 1 heterocycles. The van der Waals surface area contributed by atoms with E-state index in [2.05, 4.69) is 47.0 Å². The fourth-order valence-corrected chi connectivity index (χ4v) is 6.24. The smallest absolute Gasteiger partial charge is 0.408 e. The molecule has 1 aliphatic heterocycles. The van der Waals surface area contributed by atoms with Crippen molar-refractivity contribution in [2.75, 3.05) is 0 Å². The van der Waals surface area contributed by atoms with Gasteiger partial charge in [0.2, 0.25) is 5.91 Å². The second-order valence-electron chi connectivity index (χ2n) is 8.95. The van der Waals surface area contributed by atoms with Crippen molar-refractivity contribution >= 4 is 29.4 Å². The van der Waals surface area contributed by atoms with Crippen molar-refractivity contribution in [3.8, 4) is 0 Å². The van der Waals surface area contributed by atoms with Gasteiger partial charge in [0.1, 0.15) is 18.0 Å². The van der Waals surface area contributed by atoms with E-state index >= 15 is 0 Å². The molecule has 5 rings (SSSR count). The van der Waals surface area contributed by atoms with Crippen molar-refractivity contribution in [2.45, 2.75) is 22.8 Å². The highest BCUT2D eigenvalue weighted by Crippen LogP contribution is 2.51. The van der Waals surface area contributed by atoms with Crippen LogP contribution in [0.1, 0.15) is 22.3 Å². The van der Waals surface area contributed by atoms with E-state index < -0.39 is 27.2 Å². The summed E-state index contributed by atoms with van der Waals surface area (Å²) >= 11 is 1.54. The van der Waals surface area contributed by atoms with Crippen LogP contribution in [-0.2, 0) is 20.9 Å². The number of rotatable bonds is 9. The number of ether oxygens (including phenoxy) is 1. The highest BCUT2D eigenvalue weighted by Gasteiger charge is 2.48. The minimum Gasteiger partial charge on any atom is -0.445 e. The quantitative estimate of drug-likeness (QED) is 0.128. The lowest BCUT2D eigenvalue weighted by molar-refractivity contribution is -0.384. The van der Waals surface area contributed by atoms with Gasteiger partial charge in [0.05, 0.1) is 9.67 Å². The molecular formula is C30H25N3O5S. The Morgan fingerprint density at radius 1 is 0.846 bits per heavy atom. The predicted octanol–water partition coefficient (Wildman–Crippen LogP) is 5.37. The van der Waals surface area contributed by atoms with Gasteiger partial charge in [-0.1, -0.05) is 91.0 Å². The highest BCUT2D eigenvalue weighted by molar-refractivity contribution is 8.01. The van der Waals surface area contributed by atoms with E-state index in [0.717, 1.165) is 16.7 Å². The summed E-state index contributed by atoms with van der Waals surface area (Å²) in [6, 6.07) is 35.1. The van der Waals surface area contributed by atoms with Gasteiger partial charge in [0.15, 0.2) is 0 Å². The number of hydrogen-bond donors (Lipinski definition) is 2. The van der Waals surface area contributed by atoms with E-state index in [9.17, 15) is 19.7 Å². The molecule has 0 aromatic heterocycles. The van der Waals surface area contributed by atoms with Gasteiger partial charge >= 0.3 is 6.09 Å². The lowest BCUT2D eigenvalue weighted by Crippen LogP contribution is -2.68. The van der Waals surface area contributed by atoms with Crippen LogP contribution in [0.25, 0.3) is 0 Å². The van der Waals surface area contributed by atoms with Gasteiger partial charge in [-0.15, -0.1) is 11.8 Å². The number of nitrogens with one attached hydrogen (secondary N) is 2. The van der Waals surface area contributed by atoms with Gasteiger partial charge in [0.25, 0.3) is 5.69 Å². The van der Waals surface area contributed by atoms with Crippen molar-refractivity contribution < 1.29 is 19.2 Å². The predicted molar refractivity (Wildman–Crippen MR) is 149 cm³/mol. The maximum atomic E-state index is 12.6. The van der Waals surface area contributed by atoms with E-state index in [4.69, 9.17) is 4.74 Å². The summed E-state index contributed by atoms with van der Waals surface area (Å²) in [5.41, 5.74) is 3.65. The largest absolute Gasteiger partial charge is 0.445 e. The molecule has 2 atom stereocenters. The number of alkyl carbamates (subject to hydrolysis) is 1. The summed E-state index contributed by atoms with van der Waals surface area (Å²) in [6.45, 7) is -0.0854. The third kappa shape index (κ3) is 5.49. The molecule has 0 aliphatic carbocycles. The van der Waals surface area contributed by atoms with Gasteiger partial charge in [-0.2, -0.15) is 0 Å². The van der Waals surface area contributed by atoms with Crippen LogP contribution in [0.15, 0.2) is 115 Å². The molecule has 196 valence electrons. The topological polar surface area (TPSA) is 111 Å². The maximum Gasteiger partial charge on any atom is 0.408 e. The Morgan fingerprint density at radius 3 is 1.77 bits per heavy atom. The second kappa shape index (κ2) is 11.4. The number of hydrogen-bond acceptors (Lipinski definition) is 6. The number of amides is 2. The van der Waals surface area contributed by atoms with Crippen LogP contribution in [-0.4, -0.2) is 28.3 Å². The molecule has 39 heavy (non-hydrogen) atoms. The standard InChI is InChI=1S/C30H25N3O5S/c34-27-26(31-29(35)38-20-21-16-18-25(19-17-21)33(36)37)28(32-27)39-30(22-10-4-1-5-11-22,23-12-6-2-7-13-23)24-14-8-3-9-15-24/h1-19,26,28H,20H2,(H,31,35)(H,32,34)/t26-,28-/m1/s1. The van der Waals surface area contributed by atoms with Gasteiger partial charge < -0.3 is 15.4 Å². The maximum absolute atomic E-state index is 12.6. The van der Waals surface area contributed by atoms with Crippen LogP contribution in [0.4, 0.5) is 10.5 Å². The lowest BCUT2D eigenvalue weighted by atomic mass is 9.84. The molecule has 1 fully saturated rings. The van der Waals surface area contributed by atoms with Crippen LogP contribution >= 0.6 is 11.8 Å². The molecule has 1 saturated heterocycles. The van der Waals surface area contributed by atoms with Crippen LogP contribution < -0.4 is 10.6 Å². The number of non-ortho nitro benzene ring substituents is 1. The molecule has 0 radical (unpaired) electrons. The summed E-state index contributed by atoms with van der Waals surface area (Å²) in [5.74, 6) is -0.303. The molecule has 0 unspecified atom stereocenters. The van der Waals surface area contributed by atoms with E-state index in [1.54, 1.807) is 11.8 Å². The summed E-state index contributed by atoms with van der Waals surface area (Å²) in [6.07, 6.45) is -0.747. The minimum absolute atomic E-state index is 0.0482. The number of nitro benzene ring substituents is 1. The Bertz CT molecular complexity index is 1350. The Morgan fingerprint density at radius 2 is 1.33 bits per heavy atom. The van der Waals surface area contributed by atoms with Crippen LogP contribution in [0.3, 0.4) is 0 Å². The third-order valence-corrected chi connectivity index (χ3v) is 8.21. The van der Waals surface area contributed by atoms with Crippen LogP contribution in [0.2, 0.25) is 0 Å². The molecule has 8 nitrogen and oxygen atoms in total. The van der Waals surface area contributed by atoms with Crippen molar-refractivity contribution in [1.82, 2.24) is 10.6 Å². The Labute approximate surface area is 229 Å². The molecule has 0 spiro atoms. The molecule has 0 bridgehead atoms.